The molecule has 4 aromatic rings. The Morgan fingerprint density at radius 2 is 2.14 bits per heavy atom. The summed E-state index contributed by atoms with van der Waals surface area (Å²) in [6.07, 6.45) is 4.94. The van der Waals surface area contributed by atoms with Crippen molar-refractivity contribution >= 4 is 34.7 Å². The Hall–Kier alpha value is -2.09. The molecular formula is C20H17ClN4OS2. The van der Waals surface area contributed by atoms with E-state index >= 15 is 0 Å². The molecule has 5 nitrogen and oxygen atoms in total. The quantitative estimate of drug-likeness (QED) is 0.345. The highest BCUT2D eigenvalue weighted by Gasteiger charge is 2.29. The molecule has 1 fully saturated rings. The van der Waals surface area contributed by atoms with Gasteiger partial charge in [0.05, 0.1) is 5.69 Å². The van der Waals surface area contributed by atoms with Crippen LogP contribution in [0.4, 0.5) is 0 Å². The molecule has 5 rings (SSSR count). The average Bonchev–Trinajstić information content (AvgIpc) is 3.11. The Labute approximate surface area is 175 Å². The van der Waals surface area contributed by atoms with Gasteiger partial charge >= 0.3 is 0 Å². The maximum atomic E-state index is 6.06. The fraction of sp³-hybridized carbons (Fsp3) is 0.250. The van der Waals surface area contributed by atoms with Gasteiger partial charge < -0.3 is 8.98 Å². The maximum absolute atomic E-state index is 6.06. The second-order valence-corrected chi connectivity index (χ2v) is 9.11. The van der Waals surface area contributed by atoms with Crippen LogP contribution < -0.4 is 0 Å². The maximum Gasteiger partial charge on any atom is 0.226 e. The second kappa shape index (κ2) is 7.73. The van der Waals surface area contributed by atoms with E-state index < -0.39 is 0 Å². The van der Waals surface area contributed by atoms with Crippen molar-refractivity contribution in [3.8, 4) is 11.5 Å². The molecule has 142 valence electrons. The molecule has 1 aromatic carbocycles. The first-order valence-corrected chi connectivity index (χ1v) is 11.3. The summed E-state index contributed by atoms with van der Waals surface area (Å²) >= 11 is 9.48. The number of halogens is 1. The summed E-state index contributed by atoms with van der Waals surface area (Å²) in [5.74, 6) is 2.32. The van der Waals surface area contributed by atoms with Crippen LogP contribution in [0.25, 0.3) is 11.5 Å². The summed E-state index contributed by atoms with van der Waals surface area (Å²) in [5.41, 5.74) is 1.76. The molecule has 1 aliphatic rings. The summed E-state index contributed by atoms with van der Waals surface area (Å²) in [6.45, 7) is 0. The van der Waals surface area contributed by atoms with Gasteiger partial charge in [0, 0.05) is 33.7 Å². The van der Waals surface area contributed by atoms with Crippen molar-refractivity contribution < 1.29 is 4.42 Å². The summed E-state index contributed by atoms with van der Waals surface area (Å²) in [7, 11) is 0. The van der Waals surface area contributed by atoms with Crippen LogP contribution in [0.1, 0.15) is 35.3 Å². The molecule has 28 heavy (non-hydrogen) atoms. The minimum atomic E-state index is 0.534. The van der Waals surface area contributed by atoms with E-state index in [1.165, 1.54) is 17.7 Å². The topological polar surface area (TPSA) is 56.7 Å². The molecule has 0 radical (unpaired) electrons. The third kappa shape index (κ3) is 3.87. The van der Waals surface area contributed by atoms with Crippen LogP contribution in [0.2, 0.25) is 5.02 Å². The second-order valence-electron chi connectivity index (χ2n) is 6.70. The Kier molecular flexibility index (Phi) is 4.96. The summed E-state index contributed by atoms with van der Waals surface area (Å²) in [4.78, 5) is 5.91. The van der Waals surface area contributed by atoms with Crippen LogP contribution in [0, 0.1) is 0 Å². The lowest BCUT2D eigenvalue weighted by atomic mass is 10.2. The first-order valence-electron chi connectivity index (χ1n) is 9.05. The number of thioether (sulfide) groups is 1. The van der Waals surface area contributed by atoms with E-state index in [4.69, 9.17) is 16.0 Å². The molecule has 3 heterocycles. The number of rotatable bonds is 7. The first kappa shape index (κ1) is 18.0. The average molecular weight is 429 g/mol. The third-order valence-electron chi connectivity index (χ3n) is 4.53. The molecule has 0 N–H and O–H groups in total. The molecular weight excluding hydrogens is 412 g/mol. The van der Waals surface area contributed by atoms with Crippen molar-refractivity contribution in [2.75, 3.05) is 0 Å². The summed E-state index contributed by atoms with van der Waals surface area (Å²) in [6, 6.07) is 12.3. The van der Waals surface area contributed by atoms with Gasteiger partial charge in [0.15, 0.2) is 5.16 Å². The Balaban J connectivity index is 1.31. The van der Waals surface area contributed by atoms with E-state index in [0.29, 0.717) is 22.7 Å². The molecule has 8 heteroatoms. The van der Waals surface area contributed by atoms with Gasteiger partial charge in [0.1, 0.15) is 12.1 Å². The van der Waals surface area contributed by atoms with Gasteiger partial charge in [0.25, 0.3) is 0 Å². The number of aromatic nitrogens is 4. The van der Waals surface area contributed by atoms with Crippen molar-refractivity contribution in [2.45, 2.75) is 36.2 Å². The van der Waals surface area contributed by atoms with Crippen LogP contribution in [0.3, 0.4) is 0 Å². The van der Waals surface area contributed by atoms with E-state index in [2.05, 4.69) is 37.3 Å². The smallest absolute Gasteiger partial charge is 0.226 e. The molecule has 0 aliphatic heterocycles. The predicted molar refractivity (Wildman–Crippen MR) is 112 cm³/mol. The van der Waals surface area contributed by atoms with Gasteiger partial charge in [-0.2, -0.15) is 0 Å². The number of hydrogen-bond donors (Lipinski definition) is 0. The number of thiophene rings is 1. The lowest BCUT2D eigenvalue weighted by Crippen LogP contribution is -2.03. The van der Waals surface area contributed by atoms with Gasteiger partial charge in [-0.05, 0) is 42.5 Å². The highest BCUT2D eigenvalue weighted by atomic mass is 35.5. The van der Waals surface area contributed by atoms with Crippen molar-refractivity contribution in [2.24, 2.45) is 0 Å². The van der Waals surface area contributed by atoms with Gasteiger partial charge in [-0.1, -0.05) is 35.5 Å². The minimum absolute atomic E-state index is 0.534. The van der Waals surface area contributed by atoms with Crippen LogP contribution in [0.15, 0.2) is 57.6 Å². The van der Waals surface area contributed by atoms with Crippen LogP contribution >= 0.6 is 34.7 Å². The first-order chi connectivity index (χ1) is 13.8. The van der Waals surface area contributed by atoms with E-state index in [1.807, 2.05) is 24.3 Å². The van der Waals surface area contributed by atoms with Crippen LogP contribution in [0.5, 0.6) is 0 Å². The summed E-state index contributed by atoms with van der Waals surface area (Å²) < 4.78 is 7.94. The summed E-state index contributed by atoms with van der Waals surface area (Å²) in [5, 5.41) is 12.7. The molecule has 1 aliphatic carbocycles. The lowest BCUT2D eigenvalue weighted by molar-refractivity contribution is 0.573. The molecule has 0 bridgehead atoms. The van der Waals surface area contributed by atoms with E-state index in [-0.39, 0.29) is 0 Å². The Bertz CT molecular complexity index is 1090. The third-order valence-corrected chi connectivity index (χ3v) is 6.62. The normalized spacial score (nSPS) is 13.9. The monoisotopic (exact) mass is 428 g/mol. The van der Waals surface area contributed by atoms with E-state index in [0.717, 1.165) is 28.7 Å². The van der Waals surface area contributed by atoms with Gasteiger partial charge in [-0.15, -0.1) is 21.5 Å². The standard InChI is InChI=1S/C20H17ClN4OS2/c21-14-4-1-3-13(9-14)19-22-15(11-26-19)12-28-20-24-23-18(25(20)16-6-7-16)10-17-5-2-8-27-17/h1-5,8-9,11,16H,6-7,10,12H2. The zero-order chi connectivity index (χ0) is 18.9. The van der Waals surface area contributed by atoms with Crippen molar-refractivity contribution in [1.82, 2.24) is 19.7 Å². The Morgan fingerprint density at radius 1 is 1.21 bits per heavy atom. The van der Waals surface area contributed by atoms with Gasteiger partial charge in [-0.25, -0.2) is 4.98 Å². The zero-order valence-electron chi connectivity index (χ0n) is 14.9. The Morgan fingerprint density at radius 3 is 2.93 bits per heavy atom. The van der Waals surface area contributed by atoms with Crippen LogP contribution in [-0.4, -0.2) is 19.7 Å². The van der Waals surface area contributed by atoms with Crippen molar-refractivity contribution in [3.63, 3.8) is 0 Å². The largest absolute Gasteiger partial charge is 0.444 e. The van der Waals surface area contributed by atoms with Crippen molar-refractivity contribution in [3.05, 3.63) is 69.5 Å². The fourth-order valence-corrected chi connectivity index (χ4v) is 4.85. The van der Waals surface area contributed by atoms with Gasteiger partial charge in [-0.3, -0.25) is 0 Å². The zero-order valence-corrected chi connectivity index (χ0v) is 17.3. The number of nitrogens with zero attached hydrogens (tertiary/aromatic N) is 4. The van der Waals surface area contributed by atoms with Crippen molar-refractivity contribution in [1.29, 1.82) is 0 Å². The lowest BCUT2D eigenvalue weighted by Gasteiger charge is -2.07. The molecule has 1 saturated carbocycles. The predicted octanol–water partition coefficient (Wildman–Crippen LogP) is 5.87. The number of benzene rings is 1. The molecule has 3 aromatic heterocycles. The SMILES string of the molecule is Clc1cccc(-c2nc(CSc3nnc(Cc4cccs4)n3C3CC3)co2)c1. The van der Waals surface area contributed by atoms with Gasteiger partial charge in [0.2, 0.25) is 5.89 Å². The molecule has 0 spiro atoms. The van der Waals surface area contributed by atoms with E-state index in [1.54, 1.807) is 29.4 Å². The fourth-order valence-electron chi connectivity index (χ4n) is 3.06. The minimum Gasteiger partial charge on any atom is -0.444 e. The number of oxazole rings is 1. The van der Waals surface area contributed by atoms with E-state index in [9.17, 15) is 0 Å². The molecule has 0 atom stereocenters. The molecule has 0 amide bonds. The molecule has 0 saturated heterocycles. The number of hydrogen-bond acceptors (Lipinski definition) is 6. The highest BCUT2D eigenvalue weighted by Crippen LogP contribution is 2.40. The molecule has 0 unspecified atom stereocenters. The van der Waals surface area contributed by atoms with Crippen LogP contribution in [-0.2, 0) is 12.2 Å². The highest BCUT2D eigenvalue weighted by molar-refractivity contribution is 7.98.